The van der Waals surface area contributed by atoms with Gasteiger partial charge in [0.1, 0.15) is 0 Å². The van der Waals surface area contributed by atoms with Gasteiger partial charge in [0.2, 0.25) is 10.0 Å². The Morgan fingerprint density at radius 2 is 1.70 bits per heavy atom. The molecule has 0 amide bonds. The van der Waals surface area contributed by atoms with Crippen molar-refractivity contribution in [2.75, 3.05) is 0 Å². The number of allylic oxidation sites excluding steroid dienone is 1. The number of sulfonamides is 1. The van der Waals surface area contributed by atoms with Crippen molar-refractivity contribution in [1.29, 1.82) is 0 Å². The molecule has 1 unspecified atom stereocenters. The SMILES string of the molecule is Cc1ccc(S(=O)(=O)NC(CC(=O)/C=C/c2ccccc2)c2cccc(Cl)c2)cc1. The van der Waals surface area contributed by atoms with Gasteiger partial charge in [0.15, 0.2) is 5.78 Å². The van der Waals surface area contributed by atoms with Gasteiger partial charge in [0.25, 0.3) is 0 Å². The summed E-state index contributed by atoms with van der Waals surface area (Å²) in [6, 6.07) is 22.1. The van der Waals surface area contributed by atoms with E-state index in [1.165, 1.54) is 6.08 Å². The summed E-state index contributed by atoms with van der Waals surface area (Å²) < 4.78 is 28.5. The number of aryl methyl sites for hydroxylation is 1. The van der Waals surface area contributed by atoms with Gasteiger partial charge in [-0.2, -0.15) is 0 Å². The molecule has 3 aromatic rings. The maximum absolute atomic E-state index is 12.9. The second kappa shape index (κ2) is 9.85. The van der Waals surface area contributed by atoms with Crippen LogP contribution in [0.1, 0.15) is 29.2 Å². The van der Waals surface area contributed by atoms with Crippen LogP contribution in [0.2, 0.25) is 5.02 Å². The monoisotopic (exact) mass is 439 g/mol. The normalized spacial score (nSPS) is 12.7. The van der Waals surface area contributed by atoms with Crippen molar-refractivity contribution >= 4 is 33.5 Å². The van der Waals surface area contributed by atoms with Crippen LogP contribution in [-0.4, -0.2) is 14.2 Å². The average molecular weight is 440 g/mol. The van der Waals surface area contributed by atoms with Crippen LogP contribution in [0.15, 0.2) is 89.8 Å². The molecule has 0 radical (unpaired) electrons. The summed E-state index contributed by atoms with van der Waals surface area (Å²) >= 11 is 6.10. The Kier molecular flexibility index (Phi) is 7.21. The van der Waals surface area contributed by atoms with E-state index in [1.807, 2.05) is 37.3 Å². The van der Waals surface area contributed by atoms with Gasteiger partial charge in [-0.05, 0) is 48.4 Å². The third-order valence-corrected chi connectivity index (χ3v) is 6.27. The molecule has 30 heavy (non-hydrogen) atoms. The fraction of sp³-hybridized carbons (Fsp3) is 0.125. The van der Waals surface area contributed by atoms with E-state index in [0.29, 0.717) is 10.6 Å². The molecule has 0 saturated heterocycles. The van der Waals surface area contributed by atoms with Crippen molar-refractivity contribution < 1.29 is 13.2 Å². The van der Waals surface area contributed by atoms with Crippen molar-refractivity contribution in [2.45, 2.75) is 24.3 Å². The van der Waals surface area contributed by atoms with Crippen LogP contribution < -0.4 is 4.72 Å². The molecule has 0 aromatic heterocycles. The van der Waals surface area contributed by atoms with Crippen molar-refractivity contribution in [2.24, 2.45) is 0 Å². The Morgan fingerprint density at radius 3 is 2.37 bits per heavy atom. The maximum Gasteiger partial charge on any atom is 0.241 e. The number of carbonyl (C=O) groups is 1. The first-order valence-electron chi connectivity index (χ1n) is 9.44. The lowest BCUT2D eigenvalue weighted by Crippen LogP contribution is -2.30. The van der Waals surface area contributed by atoms with E-state index >= 15 is 0 Å². The summed E-state index contributed by atoms with van der Waals surface area (Å²) in [6.07, 6.45) is 3.15. The van der Waals surface area contributed by atoms with E-state index in [9.17, 15) is 13.2 Å². The molecule has 0 spiro atoms. The van der Waals surface area contributed by atoms with E-state index < -0.39 is 16.1 Å². The summed E-state index contributed by atoms with van der Waals surface area (Å²) in [7, 11) is -3.82. The zero-order chi connectivity index (χ0) is 21.6. The summed E-state index contributed by atoms with van der Waals surface area (Å²) in [4.78, 5) is 12.7. The molecule has 3 rings (SSSR count). The quantitative estimate of drug-likeness (QED) is 0.482. The molecule has 1 N–H and O–H groups in total. The average Bonchev–Trinajstić information content (AvgIpc) is 2.73. The van der Waals surface area contributed by atoms with Gasteiger partial charge < -0.3 is 0 Å². The number of benzene rings is 3. The van der Waals surface area contributed by atoms with Gasteiger partial charge >= 0.3 is 0 Å². The molecule has 154 valence electrons. The highest BCUT2D eigenvalue weighted by molar-refractivity contribution is 7.89. The number of rotatable bonds is 8. The minimum absolute atomic E-state index is 0.0330. The number of halogens is 1. The molecule has 0 heterocycles. The van der Waals surface area contributed by atoms with Gasteiger partial charge in [0, 0.05) is 11.4 Å². The van der Waals surface area contributed by atoms with Crippen LogP contribution in [0.5, 0.6) is 0 Å². The first kappa shape index (κ1) is 22.0. The Labute approximate surface area is 182 Å². The van der Waals surface area contributed by atoms with Gasteiger partial charge in [0.05, 0.1) is 10.9 Å². The minimum atomic E-state index is -3.82. The topological polar surface area (TPSA) is 63.2 Å². The third-order valence-electron chi connectivity index (χ3n) is 4.55. The highest BCUT2D eigenvalue weighted by Crippen LogP contribution is 2.24. The van der Waals surface area contributed by atoms with Crippen molar-refractivity contribution in [3.05, 3.63) is 107 Å². The second-order valence-corrected chi connectivity index (χ2v) is 9.11. The van der Waals surface area contributed by atoms with Crippen LogP contribution in [-0.2, 0) is 14.8 Å². The second-order valence-electron chi connectivity index (χ2n) is 6.96. The summed E-state index contributed by atoms with van der Waals surface area (Å²) in [5, 5.41) is 0.472. The predicted octanol–water partition coefficient (Wildman–Crippen LogP) is 5.34. The molecule has 0 fully saturated rings. The lowest BCUT2D eigenvalue weighted by molar-refractivity contribution is -0.114. The largest absolute Gasteiger partial charge is 0.295 e. The number of ketones is 1. The number of hydrogen-bond acceptors (Lipinski definition) is 3. The van der Waals surface area contributed by atoms with Crippen LogP contribution in [0, 0.1) is 6.92 Å². The fourth-order valence-electron chi connectivity index (χ4n) is 2.95. The Morgan fingerprint density at radius 1 is 1.00 bits per heavy atom. The third kappa shape index (κ3) is 6.13. The van der Waals surface area contributed by atoms with Crippen molar-refractivity contribution in [3.63, 3.8) is 0 Å². The van der Waals surface area contributed by atoms with E-state index in [1.54, 1.807) is 54.6 Å². The molecule has 0 bridgehead atoms. The summed E-state index contributed by atoms with van der Waals surface area (Å²) in [5.74, 6) is -0.199. The van der Waals surface area contributed by atoms with Gasteiger partial charge in [-0.25, -0.2) is 13.1 Å². The van der Waals surface area contributed by atoms with E-state index in [0.717, 1.165) is 11.1 Å². The Hall–Kier alpha value is -2.73. The number of nitrogens with one attached hydrogen (secondary N) is 1. The first-order chi connectivity index (χ1) is 14.3. The Balaban J connectivity index is 1.84. The van der Waals surface area contributed by atoms with E-state index in [2.05, 4.69) is 4.72 Å². The summed E-state index contributed by atoms with van der Waals surface area (Å²) in [5.41, 5.74) is 2.48. The zero-order valence-corrected chi connectivity index (χ0v) is 18.0. The first-order valence-corrected chi connectivity index (χ1v) is 11.3. The standard InChI is InChI=1S/C24H22ClNO3S/c1-18-10-14-23(15-11-18)30(28,29)26-24(20-8-5-9-21(25)16-20)17-22(27)13-12-19-6-3-2-4-7-19/h2-16,24,26H,17H2,1H3/b13-12+. The minimum Gasteiger partial charge on any atom is -0.295 e. The molecule has 4 nitrogen and oxygen atoms in total. The highest BCUT2D eigenvalue weighted by Gasteiger charge is 2.23. The molecule has 3 aromatic carbocycles. The Bertz CT molecular complexity index is 1140. The fourth-order valence-corrected chi connectivity index (χ4v) is 4.37. The summed E-state index contributed by atoms with van der Waals surface area (Å²) in [6.45, 7) is 1.89. The maximum atomic E-state index is 12.9. The lowest BCUT2D eigenvalue weighted by atomic mass is 10.0. The molecule has 0 aliphatic carbocycles. The van der Waals surface area contributed by atoms with Crippen LogP contribution in [0.3, 0.4) is 0 Å². The smallest absolute Gasteiger partial charge is 0.241 e. The molecule has 0 aliphatic heterocycles. The van der Waals surface area contributed by atoms with Crippen LogP contribution in [0.4, 0.5) is 0 Å². The molecule has 0 aliphatic rings. The van der Waals surface area contributed by atoms with Gasteiger partial charge in [-0.3, -0.25) is 4.79 Å². The lowest BCUT2D eigenvalue weighted by Gasteiger charge is -2.18. The zero-order valence-electron chi connectivity index (χ0n) is 16.5. The molecule has 1 atom stereocenters. The van der Waals surface area contributed by atoms with Gasteiger partial charge in [-0.15, -0.1) is 0 Å². The van der Waals surface area contributed by atoms with Crippen molar-refractivity contribution in [1.82, 2.24) is 4.72 Å². The molecular formula is C24H22ClNO3S. The predicted molar refractivity (Wildman–Crippen MR) is 121 cm³/mol. The van der Waals surface area contributed by atoms with E-state index in [-0.39, 0.29) is 17.1 Å². The van der Waals surface area contributed by atoms with Crippen LogP contribution in [0.25, 0.3) is 6.08 Å². The number of carbonyl (C=O) groups excluding carboxylic acids is 1. The number of hydrogen-bond donors (Lipinski definition) is 1. The highest BCUT2D eigenvalue weighted by atomic mass is 35.5. The van der Waals surface area contributed by atoms with Gasteiger partial charge in [-0.1, -0.05) is 77.8 Å². The molecule has 0 saturated carbocycles. The van der Waals surface area contributed by atoms with E-state index in [4.69, 9.17) is 11.6 Å². The van der Waals surface area contributed by atoms with Crippen molar-refractivity contribution in [3.8, 4) is 0 Å². The molecular weight excluding hydrogens is 418 g/mol. The van der Waals surface area contributed by atoms with Crippen LogP contribution >= 0.6 is 11.6 Å². The molecule has 6 heteroatoms.